The van der Waals surface area contributed by atoms with Crippen LogP contribution in [0.15, 0.2) is 48.8 Å². The predicted molar refractivity (Wildman–Crippen MR) is 95.0 cm³/mol. The Labute approximate surface area is 149 Å². The van der Waals surface area contributed by atoms with E-state index in [0.29, 0.717) is 12.3 Å². The van der Waals surface area contributed by atoms with Gasteiger partial charge in [0.2, 0.25) is 5.82 Å². The molecule has 0 fully saturated rings. The van der Waals surface area contributed by atoms with Gasteiger partial charge in [0.15, 0.2) is 0 Å². The fraction of sp³-hybridized carbons (Fsp3) is 0.167. The first-order valence-corrected chi connectivity index (χ1v) is 8.18. The summed E-state index contributed by atoms with van der Waals surface area (Å²) in [5, 5.41) is 11.4. The fourth-order valence-electron chi connectivity index (χ4n) is 2.70. The molecule has 0 bridgehead atoms. The van der Waals surface area contributed by atoms with Gasteiger partial charge in [-0.25, -0.2) is 14.2 Å². The zero-order valence-electron chi connectivity index (χ0n) is 14.4. The molecule has 26 heavy (non-hydrogen) atoms. The minimum absolute atomic E-state index is 0.0988. The third-order valence-electron chi connectivity index (χ3n) is 3.93. The molecule has 0 aliphatic rings. The summed E-state index contributed by atoms with van der Waals surface area (Å²) < 4.78 is 3.33. The van der Waals surface area contributed by atoms with E-state index in [1.807, 2.05) is 56.4 Å². The number of aromatic nitrogens is 6. The smallest absolute Gasteiger partial charge is 0.291 e. The maximum absolute atomic E-state index is 12.4. The molecule has 1 N–H and O–H groups in total. The van der Waals surface area contributed by atoms with Crippen LogP contribution in [0.3, 0.4) is 0 Å². The minimum atomic E-state index is -0.347. The lowest BCUT2D eigenvalue weighted by molar-refractivity contribution is 0.0940. The Morgan fingerprint density at radius 1 is 1.15 bits per heavy atom. The third kappa shape index (κ3) is 3.04. The van der Waals surface area contributed by atoms with Crippen LogP contribution in [0.5, 0.6) is 0 Å². The number of para-hydroxylation sites is 1. The largest absolute Gasteiger partial charge is 0.345 e. The highest BCUT2D eigenvalue weighted by molar-refractivity contribution is 5.90. The van der Waals surface area contributed by atoms with E-state index >= 15 is 0 Å². The van der Waals surface area contributed by atoms with E-state index < -0.39 is 0 Å². The molecule has 0 atom stereocenters. The zero-order valence-corrected chi connectivity index (χ0v) is 14.4. The molecular weight excluding hydrogens is 330 g/mol. The van der Waals surface area contributed by atoms with E-state index in [1.54, 1.807) is 15.4 Å². The quantitative estimate of drug-likeness (QED) is 0.608. The molecule has 8 heteroatoms. The van der Waals surface area contributed by atoms with Crippen LogP contribution in [-0.2, 0) is 6.54 Å². The van der Waals surface area contributed by atoms with Crippen LogP contribution in [-0.4, -0.2) is 35.3 Å². The summed E-state index contributed by atoms with van der Waals surface area (Å²) in [6.07, 6.45) is 3.60. The van der Waals surface area contributed by atoms with Crippen molar-refractivity contribution < 1.29 is 4.79 Å². The average Bonchev–Trinajstić information content (AvgIpc) is 3.27. The second kappa shape index (κ2) is 6.40. The topological polar surface area (TPSA) is 90.0 Å². The number of benzene rings is 1. The first-order chi connectivity index (χ1) is 12.6. The molecule has 130 valence electrons. The highest BCUT2D eigenvalue weighted by atomic mass is 16.2. The number of carbonyl (C=O) groups is 1. The molecule has 0 saturated carbocycles. The monoisotopic (exact) mass is 347 g/mol. The Hall–Kier alpha value is -3.55. The van der Waals surface area contributed by atoms with Crippen LogP contribution in [0, 0.1) is 13.8 Å². The Balaban J connectivity index is 1.48. The first kappa shape index (κ1) is 15.9. The van der Waals surface area contributed by atoms with Crippen LogP contribution in [0.2, 0.25) is 0 Å². The van der Waals surface area contributed by atoms with Gasteiger partial charge in [-0.2, -0.15) is 10.1 Å². The second-order valence-corrected chi connectivity index (χ2v) is 6.00. The van der Waals surface area contributed by atoms with Gasteiger partial charge in [0.05, 0.1) is 11.9 Å². The van der Waals surface area contributed by atoms with Gasteiger partial charge < -0.3 is 5.32 Å². The first-order valence-electron chi connectivity index (χ1n) is 8.18. The standard InChI is InChI=1S/C18H17N7O/c1-12-8-13(2)25-18(21-12)22-16(23-25)17(26)19-9-14-10-20-24(11-14)15-6-4-3-5-7-15/h3-8,10-11H,9H2,1-2H3,(H,19,26). The molecule has 4 aromatic rings. The van der Waals surface area contributed by atoms with Crippen molar-refractivity contribution in [3.8, 4) is 5.69 Å². The molecular formula is C18H17N7O. The van der Waals surface area contributed by atoms with Crippen molar-refractivity contribution in [3.63, 3.8) is 0 Å². The van der Waals surface area contributed by atoms with Crippen molar-refractivity contribution in [1.29, 1.82) is 0 Å². The van der Waals surface area contributed by atoms with Gasteiger partial charge in [-0.1, -0.05) is 18.2 Å². The molecule has 1 aromatic carbocycles. The lowest BCUT2D eigenvalue weighted by Gasteiger charge is -2.00. The summed E-state index contributed by atoms with van der Waals surface area (Å²) in [5.74, 6) is 0.172. The Kier molecular flexibility index (Phi) is 3.92. The maximum Gasteiger partial charge on any atom is 0.291 e. The van der Waals surface area contributed by atoms with Gasteiger partial charge in [-0.3, -0.25) is 4.79 Å². The van der Waals surface area contributed by atoms with Gasteiger partial charge in [0.25, 0.3) is 11.7 Å². The highest BCUT2D eigenvalue weighted by Gasteiger charge is 2.15. The number of rotatable bonds is 4. The molecule has 8 nitrogen and oxygen atoms in total. The van der Waals surface area contributed by atoms with Crippen molar-refractivity contribution in [3.05, 3.63) is 71.6 Å². The van der Waals surface area contributed by atoms with E-state index in [0.717, 1.165) is 22.6 Å². The second-order valence-electron chi connectivity index (χ2n) is 6.00. The van der Waals surface area contributed by atoms with Crippen molar-refractivity contribution in [2.75, 3.05) is 0 Å². The maximum atomic E-state index is 12.4. The molecule has 3 aromatic heterocycles. The van der Waals surface area contributed by atoms with Crippen LogP contribution in [0.25, 0.3) is 11.5 Å². The van der Waals surface area contributed by atoms with Gasteiger partial charge in [0.1, 0.15) is 0 Å². The van der Waals surface area contributed by atoms with Crippen LogP contribution < -0.4 is 5.32 Å². The molecule has 0 unspecified atom stereocenters. The normalized spacial score (nSPS) is 11.0. The van der Waals surface area contributed by atoms with Gasteiger partial charge in [0, 0.05) is 29.7 Å². The van der Waals surface area contributed by atoms with E-state index in [1.165, 1.54) is 0 Å². The van der Waals surface area contributed by atoms with Crippen LogP contribution in [0.1, 0.15) is 27.6 Å². The average molecular weight is 347 g/mol. The van der Waals surface area contributed by atoms with Crippen LogP contribution >= 0.6 is 0 Å². The molecule has 0 radical (unpaired) electrons. The molecule has 1 amide bonds. The summed E-state index contributed by atoms with van der Waals surface area (Å²) in [7, 11) is 0. The fourth-order valence-corrected chi connectivity index (χ4v) is 2.70. The Morgan fingerprint density at radius 3 is 2.77 bits per heavy atom. The molecule has 0 aliphatic heterocycles. The number of carbonyl (C=O) groups excluding carboxylic acids is 1. The van der Waals surface area contributed by atoms with E-state index in [-0.39, 0.29) is 11.7 Å². The minimum Gasteiger partial charge on any atom is -0.345 e. The third-order valence-corrected chi connectivity index (χ3v) is 3.93. The predicted octanol–water partition coefficient (Wildman–Crippen LogP) is 1.86. The van der Waals surface area contributed by atoms with Gasteiger partial charge in [-0.05, 0) is 32.0 Å². The van der Waals surface area contributed by atoms with E-state index in [9.17, 15) is 4.79 Å². The van der Waals surface area contributed by atoms with Crippen molar-refractivity contribution in [2.45, 2.75) is 20.4 Å². The molecule has 3 heterocycles. The summed E-state index contributed by atoms with van der Waals surface area (Å²) in [5.41, 5.74) is 3.56. The summed E-state index contributed by atoms with van der Waals surface area (Å²) in [6, 6.07) is 11.7. The van der Waals surface area contributed by atoms with Crippen molar-refractivity contribution in [1.82, 2.24) is 34.7 Å². The lowest BCUT2D eigenvalue weighted by Crippen LogP contribution is -2.24. The SMILES string of the molecule is Cc1cc(C)n2nc(C(=O)NCc3cnn(-c4ccccc4)c3)nc2n1. The highest BCUT2D eigenvalue weighted by Crippen LogP contribution is 2.08. The Bertz CT molecular complexity index is 1080. The summed E-state index contributed by atoms with van der Waals surface area (Å²) >= 11 is 0. The van der Waals surface area contributed by atoms with Gasteiger partial charge in [-0.15, -0.1) is 5.10 Å². The zero-order chi connectivity index (χ0) is 18.1. The van der Waals surface area contributed by atoms with E-state index in [2.05, 4.69) is 25.5 Å². The summed E-state index contributed by atoms with van der Waals surface area (Å²) in [6.45, 7) is 4.12. The number of nitrogens with one attached hydrogen (secondary N) is 1. The van der Waals surface area contributed by atoms with Crippen LogP contribution in [0.4, 0.5) is 0 Å². The van der Waals surface area contributed by atoms with Gasteiger partial charge >= 0.3 is 0 Å². The number of fused-ring (bicyclic) bond motifs is 1. The Morgan fingerprint density at radius 2 is 1.96 bits per heavy atom. The van der Waals surface area contributed by atoms with E-state index in [4.69, 9.17) is 0 Å². The number of amides is 1. The molecule has 0 saturated heterocycles. The molecule has 4 rings (SSSR count). The van der Waals surface area contributed by atoms with Crippen molar-refractivity contribution in [2.24, 2.45) is 0 Å². The number of nitrogens with zero attached hydrogens (tertiary/aromatic N) is 6. The number of aryl methyl sites for hydroxylation is 2. The number of hydrogen-bond acceptors (Lipinski definition) is 5. The summed E-state index contributed by atoms with van der Waals surface area (Å²) in [4.78, 5) is 20.9. The molecule has 0 spiro atoms. The lowest BCUT2D eigenvalue weighted by atomic mass is 10.3. The van der Waals surface area contributed by atoms with Crippen molar-refractivity contribution >= 4 is 11.7 Å². The molecule has 0 aliphatic carbocycles. The number of hydrogen-bond donors (Lipinski definition) is 1.